The first-order chi connectivity index (χ1) is 11.1. The molecule has 0 fully saturated rings. The van der Waals surface area contributed by atoms with Gasteiger partial charge in [-0.05, 0) is 0 Å². The third-order valence-electron chi connectivity index (χ3n) is 2.63. The van der Waals surface area contributed by atoms with Gasteiger partial charge in [-0.1, -0.05) is 0 Å². The molecule has 1 aromatic heterocycles. The summed E-state index contributed by atoms with van der Waals surface area (Å²) in [6.07, 6.45) is 5.99. The van der Waals surface area contributed by atoms with Crippen molar-refractivity contribution in [3.05, 3.63) is 18.7 Å². The minimum atomic E-state index is -1.10. The molecule has 0 aliphatic carbocycles. The first-order valence-corrected chi connectivity index (χ1v) is 7.44. The van der Waals surface area contributed by atoms with E-state index in [0.717, 1.165) is 13.2 Å². The van der Waals surface area contributed by atoms with Crippen LogP contribution in [0, 0.1) is 0 Å². The lowest BCUT2D eigenvalue weighted by atomic mass is 10.5. The van der Waals surface area contributed by atoms with E-state index in [9.17, 15) is 9.90 Å². The second kappa shape index (κ2) is 15.4. The average Bonchev–Trinajstić information content (AvgIpc) is 2.94. The number of rotatable bonds is 12. The molecule has 0 bridgehead atoms. The molecule has 0 amide bonds. The Morgan fingerprint density at radius 1 is 1.04 bits per heavy atom. The number of carboxylic acids is 1. The van der Waals surface area contributed by atoms with Gasteiger partial charge >= 0.3 is 0 Å². The molecule has 0 atom stereocenters. The van der Waals surface area contributed by atoms with Gasteiger partial charge in [-0.2, -0.15) is 0 Å². The molecule has 0 aliphatic heterocycles. The van der Waals surface area contributed by atoms with Crippen LogP contribution in [-0.4, -0.2) is 64.4 Å². The van der Waals surface area contributed by atoms with E-state index in [1.54, 1.807) is 14.2 Å². The molecule has 1 aromatic rings. The highest BCUT2D eigenvalue weighted by molar-refractivity contribution is 5.64. The fourth-order valence-electron chi connectivity index (χ4n) is 1.45. The molecule has 0 spiro atoms. The van der Waals surface area contributed by atoms with Crippen LogP contribution in [0.1, 0.15) is 6.42 Å². The van der Waals surface area contributed by atoms with Crippen LogP contribution in [0.15, 0.2) is 18.7 Å². The van der Waals surface area contributed by atoms with Gasteiger partial charge in [0.2, 0.25) is 6.33 Å². The van der Waals surface area contributed by atoms with Crippen molar-refractivity contribution >= 4 is 5.97 Å². The first kappa shape index (κ1) is 21.5. The minimum absolute atomic E-state index is 0.0714. The zero-order valence-electron chi connectivity index (χ0n) is 14.2. The molecular formula is C15H28N2O6. The summed E-state index contributed by atoms with van der Waals surface area (Å²) in [5.41, 5.74) is 0. The maximum atomic E-state index is 9.93. The van der Waals surface area contributed by atoms with E-state index < -0.39 is 5.97 Å². The molecule has 8 nitrogen and oxygen atoms in total. The number of carbonyl (C=O) groups excluding carboxylic acids is 1. The lowest BCUT2D eigenvalue weighted by Crippen LogP contribution is -2.24. The summed E-state index contributed by atoms with van der Waals surface area (Å²) in [7, 11) is 5.31. The molecule has 0 aliphatic rings. The Morgan fingerprint density at radius 2 is 1.65 bits per heavy atom. The van der Waals surface area contributed by atoms with Gasteiger partial charge in [0.05, 0.1) is 46.7 Å². The second-order valence-electron chi connectivity index (χ2n) is 4.65. The Hall–Kier alpha value is -1.48. The van der Waals surface area contributed by atoms with Gasteiger partial charge in [-0.25, -0.2) is 9.13 Å². The highest BCUT2D eigenvalue weighted by Gasteiger charge is 1.96. The van der Waals surface area contributed by atoms with Crippen molar-refractivity contribution in [2.24, 2.45) is 7.05 Å². The van der Waals surface area contributed by atoms with Gasteiger partial charge in [0.1, 0.15) is 18.9 Å². The number of hydrogen-bond acceptors (Lipinski definition) is 6. The van der Waals surface area contributed by atoms with Crippen LogP contribution in [0.4, 0.5) is 0 Å². The van der Waals surface area contributed by atoms with Crippen molar-refractivity contribution in [1.82, 2.24) is 4.57 Å². The van der Waals surface area contributed by atoms with Crippen LogP contribution in [0.2, 0.25) is 0 Å². The lowest BCUT2D eigenvalue weighted by Gasteiger charge is -2.05. The van der Waals surface area contributed by atoms with Crippen molar-refractivity contribution in [2.45, 2.75) is 13.0 Å². The van der Waals surface area contributed by atoms with E-state index >= 15 is 0 Å². The number of imidazole rings is 1. The number of ether oxygens (including phenoxy) is 4. The Bertz CT molecular complexity index is 397. The van der Waals surface area contributed by atoms with Gasteiger partial charge in [0, 0.05) is 26.6 Å². The second-order valence-corrected chi connectivity index (χ2v) is 4.65. The normalized spacial score (nSPS) is 10.2. The molecule has 0 aromatic carbocycles. The highest BCUT2D eigenvalue weighted by Crippen LogP contribution is 1.83. The maximum Gasteiger partial charge on any atom is 0.243 e. The van der Waals surface area contributed by atoms with Crippen LogP contribution in [-0.2, 0) is 37.3 Å². The summed E-state index contributed by atoms with van der Waals surface area (Å²) in [6.45, 7) is 3.81. The maximum absolute atomic E-state index is 9.93. The van der Waals surface area contributed by atoms with Crippen LogP contribution < -0.4 is 9.67 Å². The van der Waals surface area contributed by atoms with Crippen molar-refractivity contribution in [2.75, 3.05) is 53.9 Å². The third-order valence-corrected chi connectivity index (χ3v) is 2.63. The predicted octanol–water partition coefficient (Wildman–Crippen LogP) is -1.23. The number of aliphatic carboxylic acids is 1. The fraction of sp³-hybridized carbons (Fsp3) is 0.733. The molecule has 1 heterocycles. The number of aryl methyl sites for hydroxylation is 1. The molecule has 23 heavy (non-hydrogen) atoms. The Kier molecular flexibility index (Phi) is 14.4. The Balaban J connectivity index is 0.000000433. The first-order valence-electron chi connectivity index (χ1n) is 7.44. The number of aromatic nitrogens is 2. The predicted molar refractivity (Wildman–Crippen MR) is 80.6 cm³/mol. The van der Waals surface area contributed by atoms with Crippen molar-refractivity contribution in [3.63, 3.8) is 0 Å². The van der Waals surface area contributed by atoms with E-state index in [2.05, 4.69) is 4.57 Å². The molecule has 1 rings (SSSR count). The van der Waals surface area contributed by atoms with Gasteiger partial charge < -0.3 is 28.8 Å². The van der Waals surface area contributed by atoms with Gasteiger partial charge in [-0.3, -0.25) is 0 Å². The Morgan fingerprint density at radius 3 is 2.17 bits per heavy atom. The van der Waals surface area contributed by atoms with E-state index in [1.807, 2.05) is 30.3 Å². The van der Waals surface area contributed by atoms with E-state index in [1.165, 1.54) is 0 Å². The van der Waals surface area contributed by atoms with E-state index in [0.29, 0.717) is 26.4 Å². The van der Waals surface area contributed by atoms with Crippen LogP contribution >= 0.6 is 0 Å². The molecule has 0 N–H and O–H groups in total. The van der Waals surface area contributed by atoms with E-state index in [-0.39, 0.29) is 13.0 Å². The zero-order valence-corrected chi connectivity index (χ0v) is 14.2. The summed E-state index contributed by atoms with van der Waals surface area (Å²) in [5, 5.41) is 9.93. The summed E-state index contributed by atoms with van der Waals surface area (Å²) < 4.78 is 23.8. The number of nitrogens with zero attached hydrogens (tertiary/aromatic N) is 2. The summed E-state index contributed by atoms with van der Waals surface area (Å²) >= 11 is 0. The van der Waals surface area contributed by atoms with Crippen molar-refractivity contribution in [1.29, 1.82) is 0 Å². The van der Waals surface area contributed by atoms with Gasteiger partial charge in [-0.15, -0.1) is 0 Å². The molecule has 0 unspecified atom stereocenters. The monoisotopic (exact) mass is 332 g/mol. The number of methoxy groups -OCH3 is 2. The lowest BCUT2D eigenvalue weighted by molar-refractivity contribution is -0.671. The van der Waals surface area contributed by atoms with Gasteiger partial charge in [0.25, 0.3) is 0 Å². The molecular weight excluding hydrogens is 304 g/mol. The summed E-state index contributed by atoms with van der Waals surface area (Å²) in [6, 6.07) is 0. The number of carbonyl (C=O) groups is 1. The van der Waals surface area contributed by atoms with Crippen LogP contribution in [0.5, 0.6) is 0 Å². The van der Waals surface area contributed by atoms with Crippen LogP contribution in [0.3, 0.4) is 0 Å². The van der Waals surface area contributed by atoms with Crippen molar-refractivity contribution < 1.29 is 33.4 Å². The smallest absolute Gasteiger partial charge is 0.243 e. The highest BCUT2D eigenvalue weighted by atomic mass is 16.5. The third kappa shape index (κ3) is 15.2. The Labute approximate surface area is 137 Å². The minimum Gasteiger partial charge on any atom is -0.550 e. The molecule has 0 radical (unpaired) electrons. The average molecular weight is 332 g/mol. The molecule has 0 saturated carbocycles. The van der Waals surface area contributed by atoms with E-state index in [4.69, 9.17) is 18.9 Å². The summed E-state index contributed by atoms with van der Waals surface area (Å²) in [4.78, 5) is 9.93. The van der Waals surface area contributed by atoms with Crippen molar-refractivity contribution in [3.8, 4) is 0 Å². The van der Waals surface area contributed by atoms with Gasteiger partial charge in [0.15, 0.2) is 0 Å². The molecule has 0 saturated heterocycles. The topological polar surface area (TPSA) is 85.9 Å². The SMILES string of the molecule is COCCOCCOCCC(=O)[O-].COCCn1cc[n+](C)c1. The summed E-state index contributed by atoms with van der Waals surface area (Å²) in [5.74, 6) is -1.10. The zero-order chi connectivity index (χ0) is 17.3. The standard InChI is InChI=1S/C8H16O5.C7H13N2O/c1-11-4-5-13-7-6-12-3-2-8(9)10;1-8-3-4-9(7-8)5-6-10-2/h2-7H2,1H3,(H,9,10);3-4,7H,5-6H2,1-2H3/q;+1/p-1. The quantitative estimate of drug-likeness (QED) is 0.352. The number of hydrogen-bond donors (Lipinski definition) is 0. The molecule has 8 heteroatoms. The fourth-order valence-corrected chi connectivity index (χ4v) is 1.45. The van der Waals surface area contributed by atoms with Crippen LogP contribution in [0.25, 0.3) is 0 Å². The number of carboxylic acid groups (broad SMARTS) is 1. The largest absolute Gasteiger partial charge is 0.550 e. The molecule has 134 valence electrons.